The van der Waals surface area contributed by atoms with Crippen LogP contribution in [-0.4, -0.2) is 30.5 Å². The molecule has 0 spiro atoms. The van der Waals surface area contributed by atoms with E-state index in [9.17, 15) is 14.4 Å². The summed E-state index contributed by atoms with van der Waals surface area (Å²) in [6.07, 6.45) is 1.36. The van der Waals surface area contributed by atoms with E-state index in [1.54, 1.807) is 60.7 Å². The molecule has 0 atom stereocenters. The van der Waals surface area contributed by atoms with Crippen molar-refractivity contribution in [2.24, 2.45) is 5.10 Å². The van der Waals surface area contributed by atoms with Gasteiger partial charge in [-0.05, 0) is 61.0 Å². The summed E-state index contributed by atoms with van der Waals surface area (Å²) in [5, 5.41) is 9.44. The summed E-state index contributed by atoms with van der Waals surface area (Å²) < 4.78 is 5.38. The Balaban J connectivity index is 1.62. The minimum Gasteiger partial charge on any atom is -0.494 e. The van der Waals surface area contributed by atoms with Crippen LogP contribution in [0.1, 0.15) is 22.8 Å². The van der Waals surface area contributed by atoms with Gasteiger partial charge in [-0.25, -0.2) is 5.43 Å². The first kappa shape index (κ1) is 23.5. The van der Waals surface area contributed by atoms with Gasteiger partial charge in [0.1, 0.15) is 5.75 Å². The van der Waals surface area contributed by atoms with E-state index in [-0.39, 0.29) is 11.3 Å². The van der Waals surface area contributed by atoms with E-state index >= 15 is 0 Å². The number of hydrogen-bond acceptors (Lipinski definition) is 5. The predicted molar refractivity (Wildman–Crippen MR) is 128 cm³/mol. The first-order chi connectivity index (χ1) is 16.0. The summed E-state index contributed by atoms with van der Waals surface area (Å²) in [6.45, 7) is 2.42. The first-order valence-electron chi connectivity index (χ1n) is 9.99. The Kier molecular flexibility index (Phi) is 8.15. The predicted octanol–water partition coefficient (Wildman–Crippen LogP) is 4.08. The molecule has 3 aromatic rings. The van der Waals surface area contributed by atoms with Crippen molar-refractivity contribution in [2.45, 2.75) is 6.92 Å². The molecular weight excluding hydrogens is 444 g/mol. The Morgan fingerprint density at radius 2 is 1.70 bits per heavy atom. The molecular formula is C24H21ClN4O4. The van der Waals surface area contributed by atoms with Crippen molar-refractivity contribution in [3.8, 4) is 5.75 Å². The highest BCUT2D eigenvalue weighted by Crippen LogP contribution is 2.19. The highest BCUT2D eigenvalue weighted by atomic mass is 35.5. The highest BCUT2D eigenvalue weighted by Gasteiger charge is 2.17. The molecule has 0 saturated carbocycles. The fourth-order valence-corrected chi connectivity index (χ4v) is 2.97. The number of hydrogen-bond donors (Lipinski definition) is 3. The number of halogens is 1. The van der Waals surface area contributed by atoms with Crippen LogP contribution < -0.4 is 20.8 Å². The highest BCUT2D eigenvalue weighted by molar-refractivity contribution is 6.40. The van der Waals surface area contributed by atoms with Gasteiger partial charge in [0, 0.05) is 10.7 Å². The minimum absolute atomic E-state index is 0.180. The Hall–Kier alpha value is -4.17. The number of carbonyl (C=O) groups excluding carboxylic acids is 3. The lowest BCUT2D eigenvalue weighted by molar-refractivity contribution is -0.136. The molecule has 0 aliphatic heterocycles. The lowest BCUT2D eigenvalue weighted by atomic mass is 10.1. The molecule has 8 nitrogen and oxygen atoms in total. The van der Waals surface area contributed by atoms with Crippen molar-refractivity contribution in [3.05, 3.63) is 88.9 Å². The van der Waals surface area contributed by atoms with Crippen LogP contribution in [-0.2, 0) is 9.59 Å². The fraction of sp³-hybridized carbons (Fsp3) is 0.0833. The second kappa shape index (κ2) is 11.4. The van der Waals surface area contributed by atoms with Gasteiger partial charge >= 0.3 is 11.8 Å². The van der Waals surface area contributed by atoms with Gasteiger partial charge in [0.05, 0.1) is 24.1 Å². The fourth-order valence-electron chi connectivity index (χ4n) is 2.77. The maximum atomic E-state index is 12.7. The van der Waals surface area contributed by atoms with Gasteiger partial charge in [-0.1, -0.05) is 35.9 Å². The van der Waals surface area contributed by atoms with E-state index in [2.05, 4.69) is 21.2 Å². The molecule has 33 heavy (non-hydrogen) atoms. The number of nitrogens with one attached hydrogen (secondary N) is 3. The van der Waals surface area contributed by atoms with Gasteiger partial charge in [0.2, 0.25) is 0 Å². The Morgan fingerprint density at radius 3 is 2.42 bits per heavy atom. The van der Waals surface area contributed by atoms with E-state index in [1.165, 1.54) is 18.3 Å². The van der Waals surface area contributed by atoms with Crippen molar-refractivity contribution in [3.63, 3.8) is 0 Å². The number of ether oxygens (including phenoxy) is 1. The Morgan fingerprint density at radius 1 is 0.939 bits per heavy atom. The molecule has 3 aromatic carbocycles. The number of nitrogens with zero attached hydrogens (tertiary/aromatic N) is 1. The second-order valence-corrected chi connectivity index (χ2v) is 7.10. The number of anilines is 2. The van der Waals surface area contributed by atoms with Crippen LogP contribution in [0, 0.1) is 0 Å². The molecule has 3 amide bonds. The summed E-state index contributed by atoms with van der Waals surface area (Å²) >= 11 is 5.89. The molecule has 0 aliphatic carbocycles. The SMILES string of the molecule is CCOc1ccc(NC(=O)c2ccccc2NC(=O)C(=O)N/N=C/c2cccc(Cl)c2)cc1. The minimum atomic E-state index is -0.991. The lowest BCUT2D eigenvalue weighted by Gasteiger charge is -2.11. The average molecular weight is 465 g/mol. The van der Waals surface area contributed by atoms with Crippen LogP contribution in [0.25, 0.3) is 0 Å². The van der Waals surface area contributed by atoms with E-state index in [0.29, 0.717) is 28.6 Å². The van der Waals surface area contributed by atoms with Gasteiger partial charge in [-0.15, -0.1) is 0 Å². The third kappa shape index (κ3) is 6.91. The van der Waals surface area contributed by atoms with Crippen LogP contribution in [0.15, 0.2) is 77.9 Å². The molecule has 0 aliphatic rings. The summed E-state index contributed by atoms with van der Waals surface area (Å²) in [5.41, 5.74) is 3.71. The first-order valence-corrected chi connectivity index (χ1v) is 10.4. The van der Waals surface area contributed by atoms with E-state index in [4.69, 9.17) is 16.3 Å². The second-order valence-electron chi connectivity index (χ2n) is 6.67. The smallest absolute Gasteiger partial charge is 0.329 e. The largest absolute Gasteiger partial charge is 0.494 e. The molecule has 0 aromatic heterocycles. The number of para-hydroxylation sites is 1. The van der Waals surface area contributed by atoms with E-state index < -0.39 is 17.7 Å². The van der Waals surface area contributed by atoms with Crippen LogP contribution in [0.3, 0.4) is 0 Å². The van der Waals surface area contributed by atoms with Crippen molar-refractivity contribution in [1.82, 2.24) is 5.43 Å². The number of rotatable bonds is 7. The maximum absolute atomic E-state index is 12.7. The van der Waals surface area contributed by atoms with Crippen molar-refractivity contribution >= 4 is 46.9 Å². The molecule has 9 heteroatoms. The number of carbonyl (C=O) groups is 3. The van der Waals surface area contributed by atoms with E-state index in [0.717, 1.165) is 0 Å². The van der Waals surface area contributed by atoms with Crippen LogP contribution >= 0.6 is 11.6 Å². The van der Waals surface area contributed by atoms with Gasteiger partial charge in [0.15, 0.2) is 0 Å². The molecule has 0 saturated heterocycles. The molecule has 0 heterocycles. The zero-order chi connectivity index (χ0) is 23.6. The van der Waals surface area contributed by atoms with Crippen molar-refractivity contribution in [1.29, 1.82) is 0 Å². The van der Waals surface area contributed by atoms with Gasteiger partial charge < -0.3 is 15.4 Å². The number of hydrazone groups is 1. The number of amides is 3. The Bertz CT molecular complexity index is 1180. The standard InChI is InChI=1S/C24H21ClN4O4/c1-2-33-19-12-10-18(11-13-19)27-22(30)20-8-3-4-9-21(20)28-23(31)24(32)29-26-15-16-6-5-7-17(25)14-16/h3-15H,2H2,1H3,(H,27,30)(H,28,31)(H,29,32)/b26-15+. The molecule has 0 unspecified atom stereocenters. The van der Waals surface area contributed by atoms with Crippen LogP contribution in [0.4, 0.5) is 11.4 Å². The number of benzene rings is 3. The topological polar surface area (TPSA) is 109 Å². The van der Waals surface area contributed by atoms with Gasteiger partial charge in [-0.3, -0.25) is 14.4 Å². The third-order valence-electron chi connectivity index (χ3n) is 4.28. The molecule has 0 bridgehead atoms. The van der Waals surface area contributed by atoms with Gasteiger partial charge in [-0.2, -0.15) is 5.10 Å². The van der Waals surface area contributed by atoms with Crippen molar-refractivity contribution in [2.75, 3.05) is 17.2 Å². The van der Waals surface area contributed by atoms with Gasteiger partial charge in [0.25, 0.3) is 5.91 Å². The normalized spacial score (nSPS) is 10.5. The lowest BCUT2D eigenvalue weighted by Crippen LogP contribution is -2.33. The monoisotopic (exact) mass is 464 g/mol. The molecule has 3 N–H and O–H groups in total. The summed E-state index contributed by atoms with van der Waals surface area (Å²) in [7, 11) is 0. The summed E-state index contributed by atoms with van der Waals surface area (Å²) in [5.74, 6) is -1.73. The maximum Gasteiger partial charge on any atom is 0.329 e. The third-order valence-corrected chi connectivity index (χ3v) is 4.51. The Labute approximate surface area is 195 Å². The molecule has 0 fully saturated rings. The molecule has 168 valence electrons. The van der Waals surface area contributed by atoms with Crippen molar-refractivity contribution < 1.29 is 19.1 Å². The van der Waals surface area contributed by atoms with E-state index in [1.807, 2.05) is 6.92 Å². The zero-order valence-corrected chi connectivity index (χ0v) is 18.4. The van der Waals surface area contributed by atoms with Crippen LogP contribution in [0.5, 0.6) is 5.75 Å². The average Bonchev–Trinajstić information content (AvgIpc) is 2.81. The summed E-state index contributed by atoms with van der Waals surface area (Å²) in [4.78, 5) is 37.1. The molecule has 3 rings (SSSR count). The van der Waals surface area contributed by atoms with Crippen LogP contribution in [0.2, 0.25) is 5.02 Å². The summed E-state index contributed by atoms with van der Waals surface area (Å²) in [6, 6.07) is 20.0. The molecule has 0 radical (unpaired) electrons. The zero-order valence-electron chi connectivity index (χ0n) is 17.7. The quantitative estimate of drug-likeness (QED) is 0.278.